The molecule has 0 unspecified atom stereocenters. The van der Waals surface area contributed by atoms with Crippen molar-refractivity contribution in [3.8, 4) is 11.5 Å². The number of fused-ring (bicyclic) bond motifs is 1. The second kappa shape index (κ2) is 7.92. The standard InChI is InChI=1S/C22H24N8O/c1-14-9-19-20(26-22(14)31)10-16(11-23-19)13-29-5-7-30(8-6-29)17-3-4-18(24-12-17)21-25-15(2)27-28-21/h3-4,9-12H,5-8,13H2,1-2H3,(H,26,31)(H,25,27,28). The number of nitrogens with zero attached hydrogens (tertiary/aromatic N) is 6. The lowest BCUT2D eigenvalue weighted by molar-refractivity contribution is 0.249. The first-order valence-electron chi connectivity index (χ1n) is 10.4. The lowest BCUT2D eigenvalue weighted by atomic mass is 10.2. The molecule has 0 atom stereocenters. The number of hydrogen-bond acceptors (Lipinski definition) is 7. The van der Waals surface area contributed by atoms with Gasteiger partial charge >= 0.3 is 0 Å². The van der Waals surface area contributed by atoms with Crippen LogP contribution in [0.4, 0.5) is 5.69 Å². The number of anilines is 1. The average Bonchev–Trinajstić information content (AvgIpc) is 3.22. The normalized spacial score (nSPS) is 15.0. The Hall–Kier alpha value is -3.59. The number of aromatic amines is 2. The molecule has 1 fully saturated rings. The van der Waals surface area contributed by atoms with Crippen LogP contribution in [0.1, 0.15) is 17.0 Å². The van der Waals surface area contributed by atoms with Gasteiger partial charge in [0.15, 0.2) is 5.82 Å². The fourth-order valence-electron chi connectivity index (χ4n) is 3.90. The van der Waals surface area contributed by atoms with E-state index in [0.29, 0.717) is 11.4 Å². The Kier molecular flexibility index (Phi) is 4.95. The summed E-state index contributed by atoms with van der Waals surface area (Å²) < 4.78 is 0. The summed E-state index contributed by atoms with van der Waals surface area (Å²) in [7, 11) is 0. The van der Waals surface area contributed by atoms with Crippen molar-refractivity contribution in [3.05, 3.63) is 64.0 Å². The van der Waals surface area contributed by atoms with Crippen molar-refractivity contribution in [1.29, 1.82) is 0 Å². The number of piperazine rings is 1. The molecule has 5 heterocycles. The highest BCUT2D eigenvalue weighted by Gasteiger charge is 2.18. The minimum Gasteiger partial charge on any atom is -0.368 e. The van der Waals surface area contributed by atoms with Gasteiger partial charge in [0.1, 0.15) is 11.5 Å². The molecule has 1 aliphatic rings. The molecule has 0 spiro atoms. The predicted molar refractivity (Wildman–Crippen MR) is 119 cm³/mol. The summed E-state index contributed by atoms with van der Waals surface area (Å²) in [4.78, 5) is 32.9. The van der Waals surface area contributed by atoms with Crippen LogP contribution in [0.2, 0.25) is 0 Å². The highest BCUT2D eigenvalue weighted by molar-refractivity contribution is 5.74. The summed E-state index contributed by atoms with van der Waals surface area (Å²) >= 11 is 0. The van der Waals surface area contributed by atoms with Gasteiger partial charge in [0.2, 0.25) is 0 Å². The number of hydrogen-bond donors (Lipinski definition) is 2. The predicted octanol–water partition coefficient (Wildman–Crippen LogP) is 2.04. The molecule has 2 N–H and O–H groups in total. The van der Waals surface area contributed by atoms with Crippen molar-refractivity contribution in [3.63, 3.8) is 0 Å². The van der Waals surface area contributed by atoms with E-state index in [4.69, 9.17) is 0 Å². The summed E-state index contributed by atoms with van der Waals surface area (Å²) in [6, 6.07) is 7.91. The smallest absolute Gasteiger partial charge is 0.251 e. The van der Waals surface area contributed by atoms with E-state index in [1.54, 1.807) is 6.92 Å². The van der Waals surface area contributed by atoms with Crippen molar-refractivity contribution in [2.75, 3.05) is 31.1 Å². The lowest BCUT2D eigenvalue weighted by Crippen LogP contribution is -2.46. The molecule has 4 aromatic heterocycles. The molecule has 9 nitrogen and oxygen atoms in total. The Morgan fingerprint density at radius 3 is 2.58 bits per heavy atom. The molecule has 0 saturated carbocycles. The highest BCUT2D eigenvalue weighted by atomic mass is 16.1. The largest absolute Gasteiger partial charge is 0.368 e. The van der Waals surface area contributed by atoms with Crippen molar-refractivity contribution in [2.45, 2.75) is 20.4 Å². The number of nitrogens with one attached hydrogen (secondary N) is 2. The molecular formula is C22H24N8O. The van der Waals surface area contributed by atoms with E-state index in [1.165, 1.54) is 0 Å². The Labute approximate surface area is 179 Å². The SMILES string of the molecule is Cc1nc(-c2ccc(N3CCN(Cc4cnc5cc(C)c(=O)[nH]c5c4)CC3)cn2)n[nH]1. The maximum absolute atomic E-state index is 11.9. The summed E-state index contributed by atoms with van der Waals surface area (Å²) in [6.07, 6.45) is 3.79. The molecule has 1 saturated heterocycles. The third-order valence-corrected chi connectivity index (χ3v) is 5.65. The molecule has 1 aliphatic heterocycles. The fourth-order valence-corrected chi connectivity index (χ4v) is 3.90. The van der Waals surface area contributed by atoms with Crippen molar-refractivity contribution >= 4 is 16.7 Å². The molecule has 4 aromatic rings. The minimum atomic E-state index is -0.0575. The second-order valence-electron chi connectivity index (χ2n) is 7.97. The lowest BCUT2D eigenvalue weighted by Gasteiger charge is -2.36. The summed E-state index contributed by atoms with van der Waals surface area (Å²) in [5.74, 6) is 1.40. The molecule has 0 aliphatic carbocycles. The Bertz CT molecular complexity index is 1270. The van der Waals surface area contributed by atoms with Crippen molar-refractivity contribution in [2.24, 2.45) is 0 Å². The van der Waals surface area contributed by atoms with Gasteiger partial charge in [-0.1, -0.05) is 0 Å². The van der Waals surface area contributed by atoms with Gasteiger partial charge in [-0.2, -0.15) is 5.10 Å². The Balaban J connectivity index is 1.22. The molecule has 0 bridgehead atoms. The Morgan fingerprint density at radius 1 is 1.03 bits per heavy atom. The molecule has 0 aromatic carbocycles. The van der Waals surface area contributed by atoms with Crippen LogP contribution in [0.3, 0.4) is 0 Å². The summed E-state index contributed by atoms with van der Waals surface area (Å²) in [6.45, 7) is 8.24. The molecule has 9 heteroatoms. The number of aromatic nitrogens is 6. The van der Waals surface area contributed by atoms with E-state index in [-0.39, 0.29) is 5.56 Å². The van der Waals surface area contributed by atoms with Crippen LogP contribution in [0.5, 0.6) is 0 Å². The topological polar surface area (TPSA) is 107 Å². The van der Waals surface area contributed by atoms with Gasteiger partial charge in [0, 0.05) is 44.5 Å². The molecular weight excluding hydrogens is 392 g/mol. The van der Waals surface area contributed by atoms with Crippen LogP contribution in [0.15, 0.2) is 41.5 Å². The molecule has 0 radical (unpaired) electrons. The van der Waals surface area contributed by atoms with Gasteiger partial charge in [-0.15, -0.1) is 0 Å². The second-order valence-corrected chi connectivity index (χ2v) is 7.97. The van der Waals surface area contributed by atoms with Crippen LogP contribution in [0.25, 0.3) is 22.6 Å². The first kappa shape index (κ1) is 19.4. The quantitative estimate of drug-likeness (QED) is 0.524. The van der Waals surface area contributed by atoms with E-state index in [9.17, 15) is 4.79 Å². The first-order chi connectivity index (χ1) is 15.0. The van der Waals surface area contributed by atoms with Crippen LogP contribution in [-0.2, 0) is 6.54 Å². The zero-order chi connectivity index (χ0) is 21.4. The third-order valence-electron chi connectivity index (χ3n) is 5.65. The van der Waals surface area contributed by atoms with E-state index >= 15 is 0 Å². The molecule has 158 valence electrons. The van der Waals surface area contributed by atoms with Crippen LogP contribution in [-0.4, -0.2) is 61.2 Å². The maximum Gasteiger partial charge on any atom is 0.251 e. The maximum atomic E-state index is 11.9. The number of H-pyrrole nitrogens is 2. The van der Waals surface area contributed by atoms with E-state index in [0.717, 1.165) is 66.5 Å². The number of rotatable bonds is 4. The van der Waals surface area contributed by atoms with Crippen LogP contribution < -0.4 is 10.5 Å². The van der Waals surface area contributed by atoms with Gasteiger partial charge in [0.05, 0.1) is 22.9 Å². The van der Waals surface area contributed by atoms with Crippen LogP contribution >= 0.6 is 0 Å². The van der Waals surface area contributed by atoms with Gasteiger partial charge < -0.3 is 9.88 Å². The van der Waals surface area contributed by atoms with E-state index in [2.05, 4.69) is 46.0 Å². The van der Waals surface area contributed by atoms with E-state index in [1.807, 2.05) is 37.5 Å². The molecule has 31 heavy (non-hydrogen) atoms. The summed E-state index contributed by atoms with van der Waals surface area (Å²) in [5.41, 5.74) is 5.22. The highest BCUT2D eigenvalue weighted by Crippen LogP contribution is 2.20. The molecule has 5 rings (SSSR count). The first-order valence-corrected chi connectivity index (χ1v) is 10.4. The van der Waals surface area contributed by atoms with Gasteiger partial charge in [-0.25, -0.2) is 4.98 Å². The van der Waals surface area contributed by atoms with Gasteiger partial charge in [-0.05, 0) is 43.7 Å². The van der Waals surface area contributed by atoms with Gasteiger partial charge in [-0.3, -0.25) is 24.8 Å². The monoisotopic (exact) mass is 416 g/mol. The average molecular weight is 416 g/mol. The number of aryl methyl sites for hydroxylation is 2. The zero-order valence-electron chi connectivity index (χ0n) is 17.6. The minimum absolute atomic E-state index is 0.0575. The number of pyridine rings is 3. The fraction of sp³-hybridized carbons (Fsp3) is 0.318. The van der Waals surface area contributed by atoms with E-state index < -0.39 is 0 Å². The zero-order valence-corrected chi connectivity index (χ0v) is 17.6. The summed E-state index contributed by atoms with van der Waals surface area (Å²) in [5, 5.41) is 7.01. The van der Waals surface area contributed by atoms with Crippen molar-refractivity contribution < 1.29 is 0 Å². The van der Waals surface area contributed by atoms with Gasteiger partial charge in [0.25, 0.3) is 5.56 Å². The van der Waals surface area contributed by atoms with Crippen molar-refractivity contribution in [1.82, 2.24) is 35.0 Å². The third kappa shape index (κ3) is 4.04. The Morgan fingerprint density at radius 2 is 1.87 bits per heavy atom. The van der Waals surface area contributed by atoms with Crippen LogP contribution in [0, 0.1) is 13.8 Å². The molecule has 0 amide bonds.